The minimum Gasteiger partial charge on any atom is -0.482 e. The molecule has 4 aromatic rings. The SMILES string of the molecule is CNCc1nc2ccccn2c1-c1cnc(N)c(O[C@H](C)c2cc(F)ccc2C(=O)O)c1. The molecule has 3 aromatic heterocycles. The van der Waals surface area contributed by atoms with E-state index in [4.69, 9.17) is 10.5 Å². The number of benzene rings is 1. The number of imidazole rings is 1. The molecule has 0 fully saturated rings. The summed E-state index contributed by atoms with van der Waals surface area (Å²) in [4.78, 5) is 20.5. The Kier molecular flexibility index (Phi) is 5.74. The van der Waals surface area contributed by atoms with Crippen molar-refractivity contribution in [3.63, 3.8) is 0 Å². The Morgan fingerprint density at radius 1 is 1.31 bits per heavy atom. The van der Waals surface area contributed by atoms with Crippen LogP contribution in [0.15, 0.2) is 54.9 Å². The van der Waals surface area contributed by atoms with Crippen LogP contribution >= 0.6 is 0 Å². The van der Waals surface area contributed by atoms with Gasteiger partial charge in [0.05, 0.1) is 17.0 Å². The molecule has 0 saturated heterocycles. The average Bonchev–Trinajstić information content (AvgIpc) is 3.13. The number of aromatic carboxylic acids is 1. The maximum atomic E-state index is 13.8. The van der Waals surface area contributed by atoms with Crippen LogP contribution in [0, 0.1) is 5.82 Å². The van der Waals surface area contributed by atoms with E-state index in [1.165, 1.54) is 6.07 Å². The van der Waals surface area contributed by atoms with Crippen molar-refractivity contribution in [3.8, 4) is 17.0 Å². The molecule has 0 spiro atoms. The molecule has 0 saturated carbocycles. The van der Waals surface area contributed by atoms with Crippen LogP contribution in [0.4, 0.5) is 10.2 Å². The predicted molar refractivity (Wildman–Crippen MR) is 118 cm³/mol. The highest BCUT2D eigenvalue weighted by Crippen LogP contribution is 2.33. The highest BCUT2D eigenvalue weighted by Gasteiger charge is 2.21. The predicted octanol–water partition coefficient (Wildman–Crippen LogP) is 3.68. The maximum Gasteiger partial charge on any atom is 0.336 e. The number of fused-ring (bicyclic) bond motifs is 1. The van der Waals surface area contributed by atoms with Gasteiger partial charge in [-0.15, -0.1) is 0 Å². The van der Waals surface area contributed by atoms with Gasteiger partial charge in [-0.1, -0.05) is 6.07 Å². The second-order valence-electron chi connectivity index (χ2n) is 7.27. The van der Waals surface area contributed by atoms with E-state index in [0.717, 1.165) is 34.7 Å². The van der Waals surface area contributed by atoms with Gasteiger partial charge in [-0.25, -0.2) is 19.2 Å². The van der Waals surface area contributed by atoms with E-state index < -0.39 is 17.9 Å². The number of nitrogens with two attached hydrogens (primary N) is 1. The third-order valence-corrected chi connectivity index (χ3v) is 5.09. The van der Waals surface area contributed by atoms with E-state index in [-0.39, 0.29) is 22.7 Å². The highest BCUT2D eigenvalue weighted by molar-refractivity contribution is 5.89. The van der Waals surface area contributed by atoms with Crippen LogP contribution in [0.5, 0.6) is 5.75 Å². The fraction of sp³-hybridized carbons (Fsp3) is 0.174. The molecule has 0 amide bonds. The first-order valence-electron chi connectivity index (χ1n) is 9.95. The lowest BCUT2D eigenvalue weighted by Gasteiger charge is -2.18. The molecule has 8 nitrogen and oxygen atoms in total. The van der Waals surface area contributed by atoms with Gasteiger partial charge in [-0.2, -0.15) is 0 Å². The van der Waals surface area contributed by atoms with Gasteiger partial charge in [0.2, 0.25) is 0 Å². The highest BCUT2D eigenvalue weighted by atomic mass is 19.1. The Bertz CT molecular complexity index is 1300. The van der Waals surface area contributed by atoms with Crippen molar-refractivity contribution in [2.75, 3.05) is 12.8 Å². The van der Waals surface area contributed by atoms with Crippen LogP contribution in [0.25, 0.3) is 16.9 Å². The number of hydrogen-bond donors (Lipinski definition) is 3. The lowest BCUT2D eigenvalue weighted by Crippen LogP contribution is -2.12. The second kappa shape index (κ2) is 8.64. The third kappa shape index (κ3) is 3.97. The lowest BCUT2D eigenvalue weighted by atomic mass is 10.0. The minimum absolute atomic E-state index is 0.0420. The Morgan fingerprint density at radius 2 is 2.12 bits per heavy atom. The number of anilines is 1. The van der Waals surface area contributed by atoms with Crippen LogP contribution in [-0.2, 0) is 6.54 Å². The molecule has 32 heavy (non-hydrogen) atoms. The van der Waals surface area contributed by atoms with E-state index in [1.54, 1.807) is 19.2 Å². The molecule has 0 aliphatic carbocycles. The first-order chi connectivity index (χ1) is 15.4. The molecular formula is C23H22FN5O3. The number of carboxylic acids is 1. The molecule has 4 N–H and O–H groups in total. The molecule has 0 aliphatic rings. The number of carboxylic acid groups (broad SMARTS) is 1. The quantitative estimate of drug-likeness (QED) is 0.406. The van der Waals surface area contributed by atoms with Crippen molar-refractivity contribution in [3.05, 3.63) is 77.5 Å². The Balaban J connectivity index is 1.76. The van der Waals surface area contributed by atoms with Gasteiger partial charge >= 0.3 is 5.97 Å². The normalized spacial score (nSPS) is 12.1. The smallest absolute Gasteiger partial charge is 0.336 e. The van der Waals surface area contributed by atoms with Gasteiger partial charge in [-0.05, 0) is 50.4 Å². The van der Waals surface area contributed by atoms with Crippen molar-refractivity contribution in [2.45, 2.75) is 19.6 Å². The molecular weight excluding hydrogens is 413 g/mol. The zero-order valence-corrected chi connectivity index (χ0v) is 17.5. The largest absolute Gasteiger partial charge is 0.482 e. The maximum absolute atomic E-state index is 13.8. The Labute approximate surface area is 183 Å². The van der Waals surface area contributed by atoms with Gasteiger partial charge in [0.25, 0.3) is 0 Å². The number of halogens is 1. The molecule has 3 heterocycles. The molecule has 0 bridgehead atoms. The summed E-state index contributed by atoms with van der Waals surface area (Å²) in [5, 5.41) is 12.6. The third-order valence-electron chi connectivity index (χ3n) is 5.09. The van der Waals surface area contributed by atoms with E-state index in [0.29, 0.717) is 6.54 Å². The minimum atomic E-state index is -1.17. The van der Waals surface area contributed by atoms with Crippen LogP contribution in [0.1, 0.15) is 34.6 Å². The van der Waals surface area contributed by atoms with Crippen molar-refractivity contribution >= 4 is 17.4 Å². The average molecular weight is 435 g/mol. The summed E-state index contributed by atoms with van der Waals surface area (Å²) >= 11 is 0. The van der Waals surface area contributed by atoms with Crippen LogP contribution < -0.4 is 15.8 Å². The van der Waals surface area contributed by atoms with Gasteiger partial charge in [0.15, 0.2) is 11.6 Å². The van der Waals surface area contributed by atoms with E-state index in [1.807, 2.05) is 35.8 Å². The van der Waals surface area contributed by atoms with Gasteiger partial charge in [0, 0.05) is 30.1 Å². The summed E-state index contributed by atoms with van der Waals surface area (Å²) in [6.45, 7) is 2.17. The van der Waals surface area contributed by atoms with Crippen molar-refractivity contribution in [2.24, 2.45) is 0 Å². The number of aromatic nitrogens is 3. The molecule has 164 valence electrons. The molecule has 0 radical (unpaired) electrons. The topological polar surface area (TPSA) is 115 Å². The van der Waals surface area contributed by atoms with Gasteiger partial charge < -0.3 is 20.9 Å². The zero-order chi connectivity index (χ0) is 22.8. The number of rotatable bonds is 7. The number of ether oxygens (including phenoxy) is 1. The molecule has 1 atom stereocenters. The summed E-state index contributed by atoms with van der Waals surface area (Å²) in [5.74, 6) is -1.32. The molecule has 4 rings (SSSR count). The second-order valence-corrected chi connectivity index (χ2v) is 7.27. The fourth-order valence-corrected chi connectivity index (χ4v) is 3.64. The number of pyridine rings is 2. The summed E-state index contributed by atoms with van der Waals surface area (Å²) in [7, 11) is 1.84. The van der Waals surface area contributed by atoms with Crippen LogP contribution in [-0.4, -0.2) is 32.5 Å². The van der Waals surface area contributed by atoms with Crippen molar-refractivity contribution in [1.29, 1.82) is 0 Å². The van der Waals surface area contributed by atoms with Crippen molar-refractivity contribution in [1.82, 2.24) is 19.7 Å². The van der Waals surface area contributed by atoms with Gasteiger partial charge in [0.1, 0.15) is 17.6 Å². The van der Waals surface area contributed by atoms with E-state index in [2.05, 4.69) is 15.3 Å². The Hall–Kier alpha value is -3.98. The number of nitrogens with zero attached hydrogens (tertiary/aromatic N) is 3. The van der Waals surface area contributed by atoms with Crippen LogP contribution in [0.3, 0.4) is 0 Å². The number of nitrogens with one attached hydrogen (secondary N) is 1. The fourth-order valence-electron chi connectivity index (χ4n) is 3.64. The summed E-state index contributed by atoms with van der Waals surface area (Å²) in [5.41, 5.74) is 9.37. The summed E-state index contributed by atoms with van der Waals surface area (Å²) < 4.78 is 21.7. The van der Waals surface area contributed by atoms with Gasteiger partial charge in [-0.3, -0.25) is 4.40 Å². The first kappa shape index (κ1) is 21.3. The number of nitrogen functional groups attached to an aromatic ring is 1. The Morgan fingerprint density at radius 3 is 2.88 bits per heavy atom. The molecule has 0 aliphatic heterocycles. The summed E-state index contributed by atoms with van der Waals surface area (Å²) in [6.07, 6.45) is 2.75. The molecule has 0 unspecified atom stereocenters. The van der Waals surface area contributed by atoms with E-state index in [9.17, 15) is 14.3 Å². The number of hydrogen-bond acceptors (Lipinski definition) is 6. The lowest BCUT2D eigenvalue weighted by molar-refractivity contribution is 0.0691. The standard InChI is InChI=1S/C23H22FN5O3/c1-13(17-10-15(24)6-7-16(17)23(30)31)32-19-9-14(11-27-22(19)25)21-18(12-26-2)28-20-5-3-4-8-29(20)21/h3-11,13,26H,12H2,1-2H3,(H2,25,27)(H,30,31)/t13-/m1/s1. The van der Waals surface area contributed by atoms with E-state index >= 15 is 0 Å². The zero-order valence-electron chi connectivity index (χ0n) is 17.5. The first-order valence-corrected chi connectivity index (χ1v) is 9.95. The van der Waals surface area contributed by atoms with Crippen LogP contribution in [0.2, 0.25) is 0 Å². The summed E-state index contributed by atoms with van der Waals surface area (Å²) in [6, 6.07) is 10.9. The number of carbonyl (C=O) groups is 1. The molecule has 1 aromatic carbocycles. The molecule has 9 heteroatoms. The van der Waals surface area contributed by atoms with Crippen molar-refractivity contribution < 1.29 is 19.0 Å². The monoisotopic (exact) mass is 435 g/mol.